The molecule has 0 aliphatic heterocycles. The number of hydrogen-bond donors (Lipinski definition) is 1. The van der Waals surface area contributed by atoms with Crippen molar-refractivity contribution in [2.24, 2.45) is 5.10 Å². The number of carboxylic acid groups (broad SMARTS) is 1. The van der Waals surface area contributed by atoms with Gasteiger partial charge in [-0.1, -0.05) is 28.1 Å². The summed E-state index contributed by atoms with van der Waals surface area (Å²) in [4.78, 5) is 22.4. The number of rotatable bonds is 8. The van der Waals surface area contributed by atoms with E-state index in [9.17, 15) is 14.7 Å². The summed E-state index contributed by atoms with van der Waals surface area (Å²) in [7, 11) is 0. The minimum Gasteiger partial charge on any atom is -0.546 e. The quantitative estimate of drug-likeness (QED) is 0.504. The van der Waals surface area contributed by atoms with Crippen LogP contribution in [0.4, 0.5) is 0 Å². The van der Waals surface area contributed by atoms with Crippen molar-refractivity contribution in [3.63, 3.8) is 0 Å². The van der Waals surface area contributed by atoms with Crippen LogP contribution in [-0.4, -0.2) is 31.3 Å². The number of ether oxygens (including phenoxy) is 2. The van der Waals surface area contributed by atoms with Crippen LogP contribution in [0.2, 0.25) is 0 Å². The molecule has 0 spiro atoms. The molecule has 0 heterocycles. The molecule has 0 aliphatic carbocycles. The lowest BCUT2D eigenvalue weighted by Crippen LogP contribution is -2.29. The monoisotopic (exact) mass is 433 g/mol. The SMILES string of the molecule is Cc1cc(Br)cc(C)c1OCC(=O)NN=Cc1ccccc1OCC(=O)[O-]. The van der Waals surface area contributed by atoms with Crippen molar-refractivity contribution in [1.29, 1.82) is 0 Å². The van der Waals surface area contributed by atoms with Crippen molar-refractivity contribution < 1.29 is 24.2 Å². The lowest BCUT2D eigenvalue weighted by Gasteiger charge is -2.12. The second-order valence-corrected chi connectivity index (χ2v) is 6.56. The zero-order valence-electron chi connectivity index (χ0n) is 14.8. The van der Waals surface area contributed by atoms with E-state index < -0.39 is 18.5 Å². The highest BCUT2D eigenvalue weighted by Gasteiger charge is 2.08. The van der Waals surface area contributed by atoms with E-state index in [1.54, 1.807) is 24.3 Å². The molecule has 0 saturated heterocycles. The summed E-state index contributed by atoms with van der Waals surface area (Å²) in [6, 6.07) is 10.5. The minimum atomic E-state index is -1.33. The van der Waals surface area contributed by atoms with Gasteiger partial charge in [0, 0.05) is 10.0 Å². The molecule has 2 aromatic carbocycles. The third-order valence-corrected chi connectivity index (χ3v) is 3.89. The van der Waals surface area contributed by atoms with Crippen molar-refractivity contribution in [3.8, 4) is 11.5 Å². The number of amides is 1. The third kappa shape index (κ3) is 6.41. The fraction of sp³-hybridized carbons (Fsp3) is 0.211. The topological polar surface area (TPSA) is 100 Å². The smallest absolute Gasteiger partial charge is 0.277 e. The molecule has 1 amide bonds. The first-order chi connectivity index (χ1) is 12.9. The number of hydrogen-bond acceptors (Lipinski definition) is 6. The van der Waals surface area contributed by atoms with Crippen molar-refractivity contribution in [3.05, 3.63) is 57.6 Å². The Morgan fingerprint density at radius 2 is 1.81 bits per heavy atom. The van der Waals surface area contributed by atoms with E-state index in [-0.39, 0.29) is 6.61 Å². The number of carbonyl (C=O) groups excluding carboxylic acids is 2. The maximum Gasteiger partial charge on any atom is 0.277 e. The fourth-order valence-corrected chi connectivity index (χ4v) is 3.01. The van der Waals surface area contributed by atoms with Gasteiger partial charge >= 0.3 is 0 Å². The molecular formula is C19H18BrN2O5-. The number of halogens is 1. The van der Waals surface area contributed by atoms with Crippen LogP contribution in [0.5, 0.6) is 11.5 Å². The number of nitrogens with one attached hydrogen (secondary N) is 1. The van der Waals surface area contributed by atoms with Crippen LogP contribution in [0.25, 0.3) is 0 Å². The molecule has 0 bridgehead atoms. The molecule has 0 fully saturated rings. The predicted octanol–water partition coefficient (Wildman–Crippen LogP) is 1.72. The van der Waals surface area contributed by atoms with Crippen molar-refractivity contribution in [1.82, 2.24) is 5.43 Å². The molecule has 142 valence electrons. The van der Waals surface area contributed by atoms with Crippen LogP contribution in [0.3, 0.4) is 0 Å². The Labute approximate surface area is 165 Å². The van der Waals surface area contributed by atoms with Gasteiger partial charge in [-0.05, 0) is 49.2 Å². The summed E-state index contributed by atoms with van der Waals surface area (Å²) >= 11 is 3.41. The van der Waals surface area contributed by atoms with Gasteiger partial charge in [0.25, 0.3) is 5.91 Å². The van der Waals surface area contributed by atoms with E-state index in [4.69, 9.17) is 9.47 Å². The molecule has 27 heavy (non-hydrogen) atoms. The zero-order chi connectivity index (χ0) is 19.8. The summed E-state index contributed by atoms with van der Waals surface area (Å²) in [6.07, 6.45) is 1.36. The Morgan fingerprint density at radius 1 is 1.15 bits per heavy atom. The normalized spacial score (nSPS) is 10.6. The first-order valence-electron chi connectivity index (χ1n) is 8.00. The molecule has 7 nitrogen and oxygen atoms in total. The molecule has 1 N–H and O–H groups in total. The second-order valence-electron chi connectivity index (χ2n) is 5.65. The standard InChI is InChI=1S/C19H19BrN2O5/c1-12-7-15(20)8-13(2)19(12)27-10-17(23)22-21-9-14-5-3-4-6-16(14)26-11-18(24)25/h3-9H,10-11H2,1-2H3,(H,22,23)(H,24,25)/p-1. The van der Waals surface area contributed by atoms with E-state index in [1.165, 1.54) is 6.21 Å². The lowest BCUT2D eigenvalue weighted by atomic mass is 10.1. The maximum atomic E-state index is 11.9. The number of aryl methyl sites for hydroxylation is 2. The van der Waals surface area contributed by atoms with E-state index in [0.717, 1.165) is 15.6 Å². The largest absolute Gasteiger partial charge is 0.546 e. The van der Waals surface area contributed by atoms with Gasteiger partial charge in [0.15, 0.2) is 6.61 Å². The van der Waals surface area contributed by atoms with Gasteiger partial charge in [0.1, 0.15) is 18.1 Å². The molecule has 0 saturated carbocycles. The number of benzene rings is 2. The van der Waals surface area contributed by atoms with Gasteiger partial charge in [0.05, 0.1) is 12.2 Å². The van der Waals surface area contributed by atoms with Crippen molar-refractivity contribution in [2.75, 3.05) is 13.2 Å². The number of para-hydroxylation sites is 1. The number of carboxylic acids is 1. The molecule has 2 rings (SSSR count). The molecular weight excluding hydrogens is 416 g/mol. The summed E-state index contributed by atoms with van der Waals surface area (Å²) in [6.45, 7) is 3.03. The summed E-state index contributed by atoms with van der Waals surface area (Å²) < 4.78 is 11.6. The minimum absolute atomic E-state index is 0.191. The molecule has 0 radical (unpaired) electrons. The Hall–Kier alpha value is -2.87. The van der Waals surface area contributed by atoms with Crippen LogP contribution < -0.4 is 20.0 Å². The van der Waals surface area contributed by atoms with Crippen LogP contribution in [0, 0.1) is 13.8 Å². The van der Waals surface area contributed by atoms with E-state index in [1.807, 2.05) is 26.0 Å². The predicted molar refractivity (Wildman–Crippen MR) is 102 cm³/mol. The molecule has 0 aromatic heterocycles. The maximum absolute atomic E-state index is 11.9. The molecule has 0 atom stereocenters. The van der Waals surface area contributed by atoms with Crippen molar-refractivity contribution in [2.45, 2.75) is 13.8 Å². The van der Waals surface area contributed by atoms with Crippen LogP contribution in [0.1, 0.15) is 16.7 Å². The zero-order valence-corrected chi connectivity index (χ0v) is 16.4. The highest BCUT2D eigenvalue weighted by atomic mass is 79.9. The Bertz CT molecular complexity index is 844. The second kappa shape index (κ2) is 9.72. The van der Waals surface area contributed by atoms with Crippen LogP contribution in [0.15, 0.2) is 46.0 Å². The molecule has 2 aromatic rings. The number of carbonyl (C=O) groups is 2. The first-order valence-corrected chi connectivity index (χ1v) is 8.79. The first kappa shape index (κ1) is 20.4. The van der Waals surface area contributed by atoms with Gasteiger partial charge in [-0.3, -0.25) is 4.79 Å². The molecule has 0 aliphatic rings. The average Bonchev–Trinajstić information content (AvgIpc) is 2.60. The summed E-state index contributed by atoms with van der Waals surface area (Å²) in [5.74, 6) is -0.790. The number of aliphatic carboxylic acids is 1. The van der Waals surface area contributed by atoms with Gasteiger partial charge in [0.2, 0.25) is 0 Å². The summed E-state index contributed by atoms with van der Waals surface area (Å²) in [5, 5.41) is 14.3. The number of nitrogens with zero attached hydrogens (tertiary/aromatic N) is 1. The third-order valence-electron chi connectivity index (χ3n) is 3.43. The Balaban J connectivity index is 1.92. The van der Waals surface area contributed by atoms with Gasteiger partial charge in [-0.15, -0.1) is 0 Å². The number of hydrazone groups is 1. The van der Waals surface area contributed by atoms with Crippen LogP contribution in [-0.2, 0) is 9.59 Å². The van der Waals surface area contributed by atoms with Crippen LogP contribution >= 0.6 is 15.9 Å². The average molecular weight is 434 g/mol. The Morgan fingerprint density at radius 3 is 2.48 bits per heavy atom. The fourth-order valence-electron chi connectivity index (χ4n) is 2.32. The van der Waals surface area contributed by atoms with E-state index in [2.05, 4.69) is 26.5 Å². The van der Waals surface area contributed by atoms with E-state index >= 15 is 0 Å². The Kier molecular flexibility index (Phi) is 7.36. The highest BCUT2D eigenvalue weighted by Crippen LogP contribution is 2.27. The molecule has 8 heteroatoms. The van der Waals surface area contributed by atoms with Gasteiger partial charge in [-0.2, -0.15) is 5.10 Å². The van der Waals surface area contributed by atoms with E-state index in [0.29, 0.717) is 17.1 Å². The highest BCUT2D eigenvalue weighted by molar-refractivity contribution is 9.10. The molecule has 0 unspecified atom stereocenters. The lowest BCUT2D eigenvalue weighted by molar-refractivity contribution is -0.307. The van der Waals surface area contributed by atoms with Gasteiger partial charge < -0.3 is 19.4 Å². The van der Waals surface area contributed by atoms with Gasteiger partial charge in [-0.25, -0.2) is 5.43 Å². The summed E-state index contributed by atoms with van der Waals surface area (Å²) in [5.41, 5.74) is 4.70. The van der Waals surface area contributed by atoms with Crippen molar-refractivity contribution >= 4 is 34.0 Å².